The van der Waals surface area contributed by atoms with Crippen molar-refractivity contribution in [3.05, 3.63) is 36.1 Å². The monoisotopic (exact) mass is 189 g/mol. The normalized spacial score (nSPS) is 10.4. The third kappa shape index (κ3) is 1.55. The van der Waals surface area contributed by atoms with Gasteiger partial charge >= 0.3 is 11.8 Å². The molecular weight excluding hydrogens is 176 g/mol. The molecule has 0 aliphatic carbocycles. The van der Waals surface area contributed by atoms with Crippen LogP contribution < -0.4 is 4.74 Å². The summed E-state index contributed by atoms with van der Waals surface area (Å²) in [6, 6.07) is 7.92. The summed E-state index contributed by atoms with van der Waals surface area (Å²) in [7, 11) is 0. The van der Waals surface area contributed by atoms with Crippen LogP contribution in [-0.2, 0) is 0 Å². The van der Waals surface area contributed by atoms with Gasteiger partial charge in [-0.1, -0.05) is 0 Å². The van der Waals surface area contributed by atoms with Crippen molar-refractivity contribution < 1.29 is 9.15 Å². The molecule has 1 aromatic carbocycles. The van der Waals surface area contributed by atoms with Gasteiger partial charge in [-0.05, 0) is 31.5 Å². The standard InChI is InChI=1S/C12H13O2/c1-3-13-12-6-7-14-11-5-4-9(2)8-10(11)12/h4-8H,3H2,1-2H3/q+1. The maximum Gasteiger partial charge on any atom is 0.363 e. The van der Waals surface area contributed by atoms with Crippen LogP contribution in [0.4, 0.5) is 0 Å². The summed E-state index contributed by atoms with van der Waals surface area (Å²) >= 11 is 0. The SMILES string of the molecule is CCOc1cc[o+]c2ccc(C)cc12. The first kappa shape index (κ1) is 9.00. The fourth-order valence-electron chi connectivity index (χ4n) is 1.48. The molecule has 0 aliphatic heterocycles. The van der Waals surface area contributed by atoms with Crippen LogP contribution in [0.2, 0.25) is 0 Å². The van der Waals surface area contributed by atoms with Crippen molar-refractivity contribution in [3.63, 3.8) is 0 Å². The molecule has 0 saturated carbocycles. The fourth-order valence-corrected chi connectivity index (χ4v) is 1.48. The van der Waals surface area contributed by atoms with E-state index in [2.05, 4.69) is 13.0 Å². The third-order valence-electron chi connectivity index (χ3n) is 2.11. The molecule has 2 rings (SSSR count). The van der Waals surface area contributed by atoms with Gasteiger partial charge in [0.15, 0.2) is 0 Å². The molecule has 0 unspecified atom stereocenters. The molecule has 0 radical (unpaired) electrons. The molecule has 14 heavy (non-hydrogen) atoms. The Balaban J connectivity index is 2.64. The molecule has 1 heterocycles. The van der Waals surface area contributed by atoms with Crippen LogP contribution in [0, 0.1) is 6.92 Å². The fraction of sp³-hybridized carbons (Fsp3) is 0.250. The van der Waals surface area contributed by atoms with Crippen LogP contribution in [-0.4, -0.2) is 6.61 Å². The predicted molar refractivity (Wildman–Crippen MR) is 56.5 cm³/mol. The van der Waals surface area contributed by atoms with Gasteiger partial charge in [0.05, 0.1) is 12.7 Å². The van der Waals surface area contributed by atoms with E-state index in [1.165, 1.54) is 5.56 Å². The first-order valence-corrected chi connectivity index (χ1v) is 4.75. The molecule has 0 aliphatic rings. The van der Waals surface area contributed by atoms with Crippen molar-refractivity contribution in [3.8, 4) is 5.75 Å². The highest BCUT2D eigenvalue weighted by atomic mass is 16.5. The van der Waals surface area contributed by atoms with Crippen molar-refractivity contribution in [2.24, 2.45) is 0 Å². The first-order valence-electron chi connectivity index (χ1n) is 4.75. The highest BCUT2D eigenvalue weighted by Crippen LogP contribution is 2.26. The summed E-state index contributed by atoms with van der Waals surface area (Å²) < 4.78 is 10.9. The Kier molecular flexibility index (Phi) is 2.35. The average molecular weight is 189 g/mol. The minimum Gasteiger partial charge on any atom is -0.493 e. The number of ether oxygens (including phenoxy) is 1. The van der Waals surface area contributed by atoms with Crippen molar-refractivity contribution in [1.29, 1.82) is 0 Å². The van der Waals surface area contributed by atoms with E-state index in [9.17, 15) is 0 Å². The lowest BCUT2D eigenvalue weighted by atomic mass is 10.1. The first-order chi connectivity index (χ1) is 6.81. The maximum absolute atomic E-state index is 5.51. The predicted octanol–water partition coefficient (Wildman–Crippen LogP) is 3.42. The molecule has 0 N–H and O–H groups in total. The number of benzene rings is 1. The quantitative estimate of drug-likeness (QED) is 0.675. The Morgan fingerprint density at radius 2 is 2.14 bits per heavy atom. The molecule has 72 valence electrons. The largest absolute Gasteiger partial charge is 0.493 e. The minimum absolute atomic E-state index is 0.674. The van der Waals surface area contributed by atoms with Gasteiger partial charge in [0.25, 0.3) is 0 Å². The molecule has 0 fully saturated rings. The van der Waals surface area contributed by atoms with Crippen LogP contribution in [0.3, 0.4) is 0 Å². The van der Waals surface area contributed by atoms with Crippen LogP contribution in [0.25, 0.3) is 11.0 Å². The number of rotatable bonds is 2. The lowest BCUT2D eigenvalue weighted by Gasteiger charge is -2.01. The topological polar surface area (TPSA) is 20.5 Å². The highest BCUT2D eigenvalue weighted by Gasteiger charge is 2.10. The van der Waals surface area contributed by atoms with E-state index >= 15 is 0 Å². The smallest absolute Gasteiger partial charge is 0.363 e. The molecule has 2 aromatic rings. The van der Waals surface area contributed by atoms with Crippen LogP contribution >= 0.6 is 0 Å². The van der Waals surface area contributed by atoms with E-state index in [0.717, 1.165) is 16.7 Å². The van der Waals surface area contributed by atoms with E-state index in [-0.39, 0.29) is 0 Å². The summed E-state index contributed by atoms with van der Waals surface area (Å²) in [6.45, 7) is 4.71. The van der Waals surface area contributed by atoms with Crippen molar-refractivity contribution >= 4 is 11.0 Å². The second-order valence-electron chi connectivity index (χ2n) is 3.22. The lowest BCUT2D eigenvalue weighted by molar-refractivity contribution is 0.342. The number of aryl methyl sites for hydroxylation is 1. The molecule has 2 heteroatoms. The average Bonchev–Trinajstić information content (AvgIpc) is 2.19. The van der Waals surface area contributed by atoms with Gasteiger partial charge < -0.3 is 4.74 Å². The molecule has 0 spiro atoms. The van der Waals surface area contributed by atoms with Gasteiger partial charge in [-0.2, -0.15) is 0 Å². The summed E-state index contributed by atoms with van der Waals surface area (Å²) in [6.07, 6.45) is 1.66. The Morgan fingerprint density at radius 3 is 2.93 bits per heavy atom. The molecule has 0 atom stereocenters. The van der Waals surface area contributed by atoms with Crippen molar-refractivity contribution in [2.75, 3.05) is 6.61 Å². The number of fused-ring (bicyclic) bond motifs is 1. The maximum atomic E-state index is 5.51. The van der Waals surface area contributed by atoms with Gasteiger partial charge in [-0.25, -0.2) is 4.42 Å². The molecule has 0 amide bonds. The summed E-state index contributed by atoms with van der Waals surface area (Å²) in [5, 5.41) is 1.04. The van der Waals surface area contributed by atoms with Crippen LogP contribution in [0.1, 0.15) is 12.5 Å². The molecule has 0 bridgehead atoms. The zero-order valence-corrected chi connectivity index (χ0v) is 8.41. The second kappa shape index (κ2) is 3.66. The molecule has 0 saturated heterocycles. The zero-order valence-electron chi connectivity index (χ0n) is 8.41. The number of hydrogen-bond acceptors (Lipinski definition) is 1. The Hall–Kier alpha value is -1.57. The van der Waals surface area contributed by atoms with Gasteiger partial charge in [0.2, 0.25) is 0 Å². The van der Waals surface area contributed by atoms with E-state index < -0.39 is 0 Å². The number of hydrogen-bond donors (Lipinski definition) is 0. The van der Waals surface area contributed by atoms with Gasteiger partial charge in [-0.15, -0.1) is 0 Å². The summed E-state index contributed by atoms with van der Waals surface area (Å²) in [5.41, 5.74) is 2.07. The van der Waals surface area contributed by atoms with Crippen LogP contribution in [0.15, 0.2) is 34.9 Å². The Morgan fingerprint density at radius 1 is 1.29 bits per heavy atom. The van der Waals surface area contributed by atoms with Crippen molar-refractivity contribution in [1.82, 2.24) is 0 Å². The third-order valence-corrected chi connectivity index (χ3v) is 2.11. The van der Waals surface area contributed by atoms with Gasteiger partial charge in [-0.3, -0.25) is 0 Å². The Bertz CT molecular complexity index is 449. The van der Waals surface area contributed by atoms with E-state index in [1.807, 2.05) is 25.1 Å². The molecule has 2 nitrogen and oxygen atoms in total. The van der Waals surface area contributed by atoms with Gasteiger partial charge in [0, 0.05) is 6.07 Å². The molecule has 1 aromatic heterocycles. The van der Waals surface area contributed by atoms with E-state index in [4.69, 9.17) is 9.15 Å². The minimum atomic E-state index is 0.674. The lowest BCUT2D eigenvalue weighted by Crippen LogP contribution is -1.92. The second-order valence-corrected chi connectivity index (χ2v) is 3.22. The van der Waals surface area contributed by atoms with Gasteiger partial charge in [0.1, 0.15) is 11.1 Å². The highest BCUT2D eigenvalue weighted by molar-refractivity contribution is 5.83. The van der Waals surface area contributed by atoms with E-state index in [0.29, 0.717) is 6.61 Å². The molecular formula is C12H13O2+. The van der Waals surface area contributed by atoms with E-state index in [1.54, 1.807) is 6.26 Å². The van der Waals surface area contributed by atoms with Crippen LogP contribution in [0.5, 0.6) is 5.75 Å². The zero-order chi connectivity index (χ0) is 9.97. The van der Waals surface area contributed by atoms with Crippen molar-refractivity contribution in [2.45, 2.75) is 13.8 Å². The summed E-state index contributed by atoms with van der Waals surface area (Å²) in [5.74, 6) is 0.887. The Labute approximate surface area is 83.1 Å². The summed E-state index contributed by atoms with van der Waals surface area (Å²) in [4.78, 5) is 0.